The maximum atomic E-state index is 12.2. The van der Waals surface area contributed by atoms with Crippen molar-refractivity contribution in [2.45, 2.75) is 53.1 Å². The molecule has 0 N–H and O–H groups in total. The Morgan fingerprint density at radius 2 is 1.53 bits per heavy atom. The highest BCUT2D eigenvalue weighted by Crippen LogP contribution is 2.13. The second-order valence-corrected chi connectivity index (χ2v) is 16.2. The fourth-order valence-corrected chi connectivity index (χ4v) is 3.55. The molecule has 0 saturated heterocycles. The zero-order valence-electron chi connectivity index (χ0n) is 13.5. The molecule has 0 aromatic heterocycles. The van der Waals surface area contributed by atoms with E-state index in [4.69, 9.17) is 4.43 Å². The Kier molecular flexibility index (Phi) is 6.21. The van der Waals surface area contributed by atoms with Crippen molar-refractivity contribution in [1.29, 1.82) is 0 Å². The monoisotopic (exact) mass is 301 g/mol. The molecule has 0 atom stereocenters. The lowest BCUT2D eigenvalue weighted by atomic mass is 10.3. The van der Waals surface area contributed by atoms with Gasteiger partial charge >= 0.3 is 5.97 Å². The standard InChI is InChI=1S/C13H27NO3Si2/c1-11(2)9-12(15)14(18(3,4)5)10-13(16)17-19(6,7)8/h9H,10H2,1-8H3. The lowest BCUT2D eigenvalue weighted by Crippen LogP contribution is -2.52. The Labute approximate surface area is 119 Å². The largest absolute Gasteiger partial charge is 0.519 e. The molecule has 0 bridgehead atoms. The van der Waals surface area contributed by atoms with Crippen LogP contribution in [0.25, 0.3) is 0 Å². The molecule has 0 radical (unpaired) electrons. The molecule has 0 heterocycles. The van der Waals surface area contributed by atoms with Crippen molar-refractivity contribution in [3.8, 4) is 0 Å². The Hall–Kier alpha value is -0.886. The van der Waals surface area contributed by atoms with Crippen molar-refractivity contribution in [3.05, 3.63) is 11.6 Å². The van der Waals surface area contributed by atoms with E-state index in [0.717, 1.165) is 5.57 Å². The molecule has 110 valence electrons. The molecule has 0 spiro atoms. The number of hydrogen-bond donors (Lipinski definition) is 0. The molecule has 0 aliphatic rings. The summed E-state index contributed by atoms with van der Waals surface area (Å²) in [6, 6.07) is 0. The Morgan fingerprint density at radius 3 is 1.84 bits per heavy atom. The smallest absolute Gasteiger partial charge is 0.311 e. The summed E-state index contributed by atoms with van der Waals surface area (Å²) in [5.41, 5.74) is 0.937. The first-order chi connectivity index (χ1) is 8.33. The molecular formula is C13H27NO3Si2. The summed E-state index contributed by atoms with van der Waals surface area (Å²) < 4.78 is 7.11. The number of carbonyl (C=O) groups is 2. The lowest BCUT2D eigenvalue weighted by molar-refractivity contribution is -0.138. The second-order valence-electron chi connectivity index (χ2n) is 6.90. The summed E-state index contributed by atoms with van der Waals surface area (Å²) in [6.45, 7) is 15.8. The van der Waals surface area contributed by atoms with Gasteiger partial charge in [0.15, 0.2) is 8.24 Å². The van der Waals surface area contributed by atoms with E-state index < -0.39 is 16.6 Å². The van der Waals surface area contributed by atoms with Gasteiger partial charge in [0.05, 0.1) is 0 Å². The minimum absolute atomic E-state index is 0.0581. The zero-order chi connectivity index (χ0) is 15.4. The van der Waals surface area contributed by atoms with Crippen LogP contribution in [0.1, 0.15) is 13.8 Å². The summed E-state index contributed by atoms with van der Waals surface area (Å²) in [5, 5.41) is 0. The van der Waals surface area contributed by atoms with Crippen LogP contribution in [0.5, 0.6) is 0 Å². The van der Waals surface area contributed by atoms with Crippen LogP contribution in [0.4, 0.5) is 0 Å². The van der Waals surface area contributed by atoms with Gasteiger partial charge in [-0.15, -0.1) is 0 Å². The van der Waals surface area contributed by atoms with Gasteiger partial charge in [-0.2, -0.15) is 0 Å². The fraction of sp³-hybridized carbons (Fsp3) is 0.692. The fourth-order valence-electron chi connectivity index (χ4n) is 1.47. The Morgan fingerprint density at radius 1 is 1.05 bits per heavy atom. The quantitative estimate of drug-likeness (QED) is 0.579. The highest BCUT2D eigenvalue weighted by atomic mass is 28.4. The van der Waals surface area contributed by atoms with Crippen LogP contribution in [-0.2, 0) is 14.0 Å². The average Bonchev–Trinajstić information content (AvgIpc) is 2.07. The van der Waals surface area contributed by atoms with Crippen LogP contribution < -0.4 is 0 Å². The summed E-state index contributed by atoms with van der Waals surface area (Å²) >= 11 is 0. The summed E-state index contributed by atoms with van der Waals surface area (Å²) in [4.78, 5) is 24.1. The normalized spacial score (nSPS) is 11.8. The van der Waals surface area contributed by atoms with E-state index in [9.17, 15) is 9.59 Å². The van der Waals surface area contributed by atoms with Crippen LogP contribution in [0.15, 0.2) is 11.6 Å². The molecular weight excluding hydrogens is 274 g/mol. The molecule has 0 saturated carbocycles. The SMILES string of the molecule is CC(C)=CC(=O)N(CC(=O)O[Si](C)(C)C)[Si](C)(C)C. The van der Waals surface area contributed by atoms with E-state index in [1.165, 1.54) is 0 Å². The molecule has 0 aliphatic carbocycles. The van der Waals surface area contributed by atoms with E-state index in [1.54, 1.807) is 10.6 Å². The first-order valence-electron chi connectivity index (χ1n) is 6.51. The molecule has 0 rings (SSSR count). The number of nitrogens with zero attached hydrogens (tertiary/aromatic N) is 1. The van der Waals surface area contributed by atoms with Crippen LogP contribution >= 0.6 is 0 Å². The minimum Gasteiger partial charge on any atom is -0.519 e. The van der Waals surface area contributed by atoms with E-state index in [1.807, 2.05) is 53.1 Å². The van der Waals surface area contributed by atoms with Gasteiger partial charge in [-0.3, -0.25) is 9.59 Å². The molecule has 0 aromatic carbocycles. The van der Waals surface area contributed by atoms with Crippen molar-refractivity contribution < 1.29 is 14.0 Å². The first kappa shape index (κ1) is 18.1. The predicted octanol–water partition coefficient (Wildman–Crippen LogP) is 2.99. The molecule has 19 heavy (non-hydrogen) atoms. The van der Waals surface area contributed by atoms with E-state index in [2.05, 4.69) is 0 Å². The van der Waals surface area contributed by atoms with Crippen molar-refractivity contribution in [2.24, 2.45) is 0 Å². The molecule has 1 amide bonds. The van der Waals surface area contributed by atoms with Gasteiger partial charge in [-0.25, -0.2) is 0 Å². The van der Waals surface area contributed by atoms with Gasteiger partial charge in [0.2, 0.25) is 14.2 Å². The molecule has 0 aliphatic heterocycles. The first-order valence-corrected chi connectivity index (χ1v) is 13.4. The highest BCUT2D eigenvalue weighted by molar-refractivity contribution is 6.76. The van der Waals surface area contributed by atoms with Gasteiger partial charge < -0.3 is 8.99 Å². The van der Waals surface area contributed by atoms with Gasteiger partial charge in [0.25, 0.3) is 0 Å². The van der Waals surface area contributed by atoms with Gasteiger partial charge in [-0.05, 0) is 33.5 Å². The molecule has 0 aromatic rings. The van der Waals surface area contributed by atoms with Crippen molar-refractivity contribution in [2.75, 3.05) is 6.54 Å². The third-order valence-electron chi connectivity index (χ3n) is 2.20. The predicted molar refractivity (Wildman–Crippen MR) is 83.9 cm³/mol. The molecule has 4 nitrogen and oxygen atoms in total. The summed E-state index contributed by atoms with van der Waals surface area (Å²) in [7, 11) is -3.80. The molecule has 0 fully saturated rings. The Balaban J connectivity index is 4.96. The van der Waals surface area contributed by atoms with E-state index in [0.29, 0.717) is 0 Å². The highest BCUT2D eigenvalue weighted by Gasteiger charge is 2.31. The van der Waals surface area contributed by atoms with E-state index in [-0.39, 0.29) is 18.4 Å². The topological polar surface area (TPSA) is 46.6 Å². The average molecular weight is 302 g/mol. The third-order valence-corrected chi connectivity index (χ3v) is 5.03. The number of allylic oxidation sites excluding steroid dienone is 1. The van der Waals surface area contributed by atoms with Crippen LogP contribution in [0.3, 0.4) is 0 Å². The summed E-state index contributed by atoms with van der Waals surface area (Å²) in [6.07, 6.45) is 1.58. The third kappa shape index (κ3) is 7.99. The number of carbonyl (C=O) groups excluding carboxylic acids is 2. The van der Waals surface area contributed by atoms with Crippen molar-refractivity contribution in [3.63, 3.8) is 0 Å². The van der Waals surface area contributed by atoms with Crippen LogP contribution in [-0.4, -0.2) is 39.5 Å². The second kappa shape index (κ2) is 6.52. The van der Waals surface area contributed by atoms with Crippen LogP contribution in [0, 0.1) is 0 Å². The zero-order valence-corrected chi connectivity index (χ0v) is 15.5. The van der Waals surface area contributed by atoms with Crippen molar-refractivity contribution >= 4 is 28.4 Å². The number of amides is 1. The minimum atomic E-state index is -1.90. The maximum Gasteiger partial charge on any atom is 0.311 e. The Bertz CT molecular complexity index is 374. The van der Waals surface area contributed by atoms with Crippen molar-refractivity contribution in [1.82, 2.24) is 4.57 Å². The van der Waals surface area contributed by atoms with Gasteiger partial charge in [0.1, 0.15) is 6.54 Å². The van der Waals surface area contributed by atoms with E-state index >= 15 is 0 Å². The van der Waals surface area contributed by atoms with Gasteiger partial charge in [0, 0.05) is 6.08 Å². The maximum absolute atomic E-state index is 12.2. The van der Waals surface area contributed by atoms with Crippen LogP contribution in [0.2, 0.25) is 39.3 Å². The molecule has 6 heteroatoms. The molecule has 0 unspecified atom stereocenters. The number of rotatable bonds is 5. The van der Waals surface area contributed by atoms with Gasteiger partial charge in [-0.1, -0.05) is 25.2 Å². The number of hydrogen-bond acceptors (Lipinski definition) is 3. The summed E-state index contributed by atoms with van der Waals surface area (Å²) in [5.74, 6) is -0.385. The lowest BCUT2D eigenvalue weighted by Gasteiger charge is -2.33.